The summed E-state index contributed by atoms with van der Waals surface area (Å²) in [5.41, 5.74) is -0.0720. The Labute approximate surface area is 168 Å². The van der Waals surface area contributed by atoms with Crippen molar-refractivity contribution in [1.82, 2.24) is 0 Å². The maximum atomic E-state index is 14.7. The summed E-state index contributed by atoms with van der Waals surface area (Å²) in [4.78, 5) is 1.24. The van der Waals surface area contributed by atoms with Gasteiger partial charge in [0, 0.05) is 9.58 Å². The van der Waals surface area contributed by atoms with E-state index in [0.717, 1.165) is 35.1 Å². The van der Waals surface area contributed by atoms with Crippen LogP contribution in [0.2, 0.25) is 0 Å². The van der Waals surface area contributed by atoms with Gasteiger partial charge in [-0.15, -0.1) is 11.3 Å². The zero-order valence-electron chi connectivity index (χ0n) is 15.3. The Morgan fingerprint density at radius 1 is 0.690 bits per heavy atom. The normalized spacial score (nSPS) is 11.4. The van der Waals surface area contributed by atoms with E-state index in [1.807, 2.05) is 12.1 Å². The van der Waals surface area contributed by atoms with Gasteiger partial charge in [0.05, 0.1) is 5.56 Å². The molecule has 0 aliphatic rings. The fourth-order valence-electron chi connectivity index (χ4n) is 3.35. The number of hydrogen-bond donors (Lipinski definition) is 0. The third-order valence-corrected chi connectivity index (χ3v) is 5.87. The summed E-state index contributed by atoms with van der Waals surface area (Å²) in [6.45, 7) is 2.10. The lowest BCUT2D eigenvalue weighted by Crippen LogP contribution is -1.96. The van der Waals surface area contributed by atoms with Crippen molar-refractivity contribution < 1.29 is 22.0 Å². The summed E-state index contributed by atoms with van der Waals surface area (Å²) >= 11 is 1.64. The van der Waals surface area contributed by atoms with E-state index in [-0.39, 0.29) is 0 Å². The molecule has 0 fully saturated rings. The van der Waals surface area contributed by atoms with Gasteiger partial charge in [0.25, 0.3) is 0 Å². The molecule has 0 radical (unpaired) electrons. The van der Waals surface area contributed by atoms with E-state index < -0.39 is 40.2 Å². The molecule has 1 aromatic heterocycles. The number of benzene rings is 3. The van der Waals surface area contributed by atoms with Gasteiger partial charge >= 0.3 is 0 Å². The van der Waals surface area contributed by atoms with E-state index in [1.54, 1.807) is 17.4 Å². The van der Waals surface area contributed by atoms with Gasteiger partial charge in [-0.1, -0.05) is 25.5 Å². The summed E-state index contributed by atoms with van der Waals surface area (Å²) in [6.07, 6.45) is 2.00. The molecule has 4 rings (SSSR count). The minimum atomic E-state index is -1.68. The van der Waals surface area contributed by atoms with Gasteiger partial charge < -0.3 is 0 Å². The third kappa shape index (κ3) is 3.65. The molecule has 0 saturated carbocycles. The van der Waals surface area contributed by atoms with Gasteiger partial charge in [-0.2, -0.15) is 0 Å². The van der Waals surface area contributed by atoms with Crippen molar-refractivity contribution in [3.05, 3.63) is 82.5 Å². The fourth-order valence-corrected chi connectivity index (χ4v) is 4.56. The van der Waals surface area contributed by atoms with Crippen LogP contribution >= 0.6 is 11.3 Å². The van der Waals surface area contributed by atoms with Crippen LogP contribution in [0.5, 0.6) is 0 Å². The lowest BCUT2D eigenvalue weighted by Gasteiger charge is -2.10. The average Bonchev–Trinajstić information content (AvgIpc) is 3.07. The van der Waals surface area contributed by atoms with Crippen LogP contribution in [0.1, 0.15) is 18.2 Å². The molecule has 0 spiro atoms. The molecular weight excluding hydrogens is 403 g/mol. The van der Waals surface area contributed by atoms with E-state index in [0.29, 0.717) is 23.3 Å². The van der Waals surface area contributed by atoms with Crippen LogP contribution in [0.4, 0.5) is 22.0 Å². The molecule has 0 N–H and O–H groups in total. The van der Waals surface area contributed by atoms with Crippen LogP contribution < -0.4 is 0 Å². The van der Waals surface area contributed by atoms with Crippen molar-refractivity contribution in [3.63, 3.8) is 0 Å². The first kappa shape index (κ1) is 19.6. The van der Waals surface area contributed by atoms with Gasteiger partial charge in [0.1, 0.15) is 11.6 Å². The highest BCUT2D eigenvalue weighted by Gasteiger charge is 2.19. The molecule has 0 aliphatic heterocycles. The van der Waals surface area contributed by atoms with Crippen molar-refractivity contribution in [3.8, 4) is 22.3 Å². The van der Waals surface area contributed by atoms with Crippen molar-refractivity contribution in [1.29, 1.82) is 0 Å². The van der Waals surface area contributed by atoms with Crippen molar-refractivity contribution in [2.24, 2.45) is 0 Å². The highest BCUT2D eigenvalue weighted by Crippen LogP contribution is 2.35. The Kier molecular flexibility index (Phi) is 5.13. The predicted molar refractivity (Wildman–Crippen MR) is 106 cm³/mol. The predicted octanol–water partition coefficient (Wildman–Crippen LogP) is 7.88. The maximum Gasteiger partial charge on any atom is 0.194 e. The van der Waals surface area contributed by atoms with Crippen LogP contribution in [0.15, 0.2) is 48.5 Å². The molecule has 0 aliphatic carbocycles. The molecule has 1 heterocycles. The molecule has 148 valence electrons. The Hall–Kier alpha value is -2.73. The molecule has 29 heavy (non-hydrogen) atoms. The molecule has 6 heteroatoms. The summed E-state index contributed by atoms with van der Waals surface area (Å²) < 4.78 is 70.5. The Morgan fingerprint density at radius 3 is 1.93 bits per heavy atom. The summed E-state index contributed by atoms with van der Waals surface area (Å²) in [5, 5.41) is 1.07. The number of fused-ring (bicyclic) bond motifs is 1. The maximum absolute atomic E-state index is 14.7. The van der Waals surface area contributed by atoms with Crippen LogP contribution in [-0.2, 0) is 6.42 Å². The van der Waals surface area contributed by atoms with Gasteiger partial charge in [-0.25, -0.2) is 22.0 Å². The molecule has 3 aromatic carbocycles. The first-order valence-electron chi connectivity index (χ1n) is 9.04. The lowest BCUT2D eigenvalue weighted by molar-refractivity contribution is 0.447. The molecular formula is C23H15F5S. The largest absolute Gasteiger partial charge is 0.206 e. The Balaban J connectivity index is 1.78. The second kappa shape index (κ2) is 7.59. The monoisotopic (exact) mass is 418 g/mol. The molecule has 0 nitrogen and oxygen atoms in total. The number of thiophene rings is 1. The fraction of sp³-hybridized carbons (Fsp3) is 0.130. The zero-order chi connectivity index (χ0) is 20.7. The topological polar surface area (TPSA) is 0 Å². The van der Waals surface area contributed by atoms with E-state index in [4.69, 9.17) is 0 Å². The summed E-state index contributed by atoms with van der Waals surface area (Å²) in [6, 6.07) is 11.0. The smallest absolute Gasteiger partial charge is 0.194 e. The Bertz CT molecular complexity index is 1180. The van der Waals surface area contributed by atoms with Crippen LogP contribution in [0.3, 0.4) is 0 Å². The number of halogens is 5. The first-order valence-corrected chi connectivity index (χ1v) is 9.86. The highest BCUT2D eigenvalue weighted by atomic mass is 32.1. The minimum Gasteiger partial charge on any atom is -0.206 e. The molecule has 0 unspecified atom stereocenters. The van der Waals surface area contributed by atoms with Crippen molar-refractivity contribution >= 4 is 21.4 Å². The first-order chi connectivity index (χ1) is 13.9. The van der Waals surface area contributed by atoms with E-state index in [9.17, 15) is 22.0 Å². The van der Waals surface area contributed by atoms with Crippen LogP contribution in [0, 0.1) is 29.1 Å². The zero-order valence-corrected chi connectivity index (χ0v) is 16.1. The number of aryl methyl sites for hydroxylation is 1. The number of rotatable bonds is 4. The molecule has 0 amide bonds. The summed E-state index contributed by atoms with van der Waals surface area (Å²) in [7, 11) is 0. The number of hydrogen-bond acceptors (Lipinski definition) is 1. The third-order valence-electron chi connectivity index (χ3n) is 4.72. The van der Waals surface area contributed by atoms with Gasteiger partial charge in [-0.05, 0) is 64.9 Å². The van der Waals surface area contributed by atoms with E-state index in [2.05, 4.69) is 13.0 Å². The SMILES string of the molecule is CCCc1cc2ccc(-c3cc(F)c(-c4cc(F)c(F)c(F)c4)c(F)c3)cc2s1. The lowest BCUT2D eigenvalue weighted by atomic mass is 9.98. The standard InChI is InChI=1S/C23H15F5S/c1-2-3-16-6-13-5-4-12(11-21(13)29-16)14-7-17(24)22(18(25)8-14)15-9-19(26)23(28)20(27)10-15/h4-11H,2-3H2,1H3. The van der Waals surface area contributed by atoms with Crippen molar-refractivity contribution in [2.45, 2.75) is 19.8 Å². The summed E-state index contributed by atoms with van der Waals surface area (Å²) in [5.74, 6) is -6.66. The Morgan fingerprint density at radius 2 is 1.31 bits per heavy atom. The van der Waals surface area contributed by atoms with Gasteiger partial charge in [-0.3, -0.25) is 0 Å². The highest BCUT2D eigenvalue weighted by molar-refractivity contribution is 7.19. The molecule has 0 bridgehead atoms. The van der Waals surface area contributed by atoms with Gasteiger partial charge in [0.15, 0.2) is 17.5 Å². The van der Waals surface area contributed by atoms with Crippen molar-refractivity contribution in [2.75, 3.05) is 0 Å². The van der Waals surface area contributed by atoms with Crippen LogP contribution in [0.25, 0.3) is 32.3 Å². The van der Waals surface area contributed by atoms with E-state index in [1.165, 1.54) is 4.88 Å². The van der Waals surface area contributed by atoms with Crippen LogP contribution in [-0.4, -0.2) is 0 Å². The van der Waals surface area contributed by atoms with Gasteiger partial charge in [0.2, 0.25) is 0 Å². The second-order valence-corrected chi connectivity index (χ2v) is 7.95. The molecule has 0 saturated heterocycles. The van der Waals surface area contributed by atoms with E-state index >= 15 is 0 Å². The average molecular weight is 418 g/mol. The second-order valence-electron chi connectivity index (χ2n) is 6.78. The molecule has 4 aromatic rings. The minimum absolute atomic E-state index is 0.305. The molecule has 0 atom stereocenters. The quantitative estimate of drug-likeness (QED) is 0.234.